The first-order valence-corrected chi connectivity index (χ1v) is 5.46. The van der Waals surface area contributed by atoms with Crippen LogP contribution in [-0.4, -0.2) is 18.8 Å². The quantitative estimate of drug-likeness (QED) is 0.498. The van der Waals surface area contributed by atoms with Crippen LogP contribution in [0.15, 0.2) is 0 Å². The van der Waals surface area contributed by atoms with Crippen molar-refractivity contribution in [1.29, 1.82) is 0 Å². The third-order valence-electron chi connectivity index (χ3n) is 3.12. The van der Waals surface area contributed by atoms with Crippen LogP contribution in [0.2, 0.25) is 0 Å². The Balaban J connectivity index is 1.68. The lowest BCUT2D eigenvalue weighted by atomic mass is 10.0. The molecule has 76 valence electrons. The van der Waals surface area contributed by atoms with E-state index in [1.165, 1.54) is 32.1 Å². The van der Waals surface area contributed by atoms with Crippen molar-refractivity contribution < 1.29 is 4.74 Å². The highest BCUT2D eigenvalue weighted by atomic mass is 16.5. The lowest BCUT2D eigenvalue weighted by Crippen LogP contribution is -2.38. The van der Waals surface area contributed by atoms with Gasteiger partial charge >= 0.3 is 0 Å². The highest BCUT2D eigenvalue weighted by molar-refractivity contribution is 4.81. The predicted octanol–water partition coefficient (Wildman–Crippen LogP) is 1.19. The van der Waals surface area contributed by atoms with Gasteiger partial charge in [-0.1, -0.05) is 12.8 Å². The first kappa shape index (κ1) is 9.44. The van der Waals surface area contributed by atoms with Crippen molar-refractivity contribution in [3.8, 4) is 0 Å². The molecule has 2 unspecified atom stereocenters. The molecule has 1 heterocycles. The van der Waals surface area contributed by atoms with E-state index in [-0.39, 0.29) is 0 Å². The predicted molar refractivity (Wildman–Crippen MR) is 52.0 cm³/mol. The van der Waals surface area contributed by atoms with E-state index in [4.69, 9.17) is 10.6 Å². The van der Waals surface area contributed by atoms with Crippen LogP contribution in [0.5, 0.6) is 0 Å². The van der Waals surface area contributed by atoms with Crippen LogP contribution < -0.4 is 11.3 Å². The molecule has 0 bridgehead atoms. The van der Waals surface area contributed by atoms with Crippen LogP contribution in [0, 0.1) is 5.92 Å². The maximum absolute atomic E-state index is 5.59. The Labute approximate surface area is 80.0 Å². The van der Waals surface area contributed by atoms with E-state index in [1.807, 2.05) is 0 Å². The van der Waals surface area contributed by atoms with Gasteiger partial charge < -0.3 is 4.74 Å². The van der Waals surface area contributed by atoms with Gasteiger partial charge in [0.1, 0.15) is 0 Å². The summed E-state index contributed by atoms with van der Waals surface area (Å²) in [7, 11) is 0. The number of nitrogens with one attached hydrogen (secondary N) is 1. The molecule has 2 rings (SSSR count). The van der Waals surface area contributed by atoms with Crippen molar-refractivity contribution in [2.75, 3.05) is 6.61 Å². The Morgan fingerprint density at radius 1 is 1.31 bits per heavy atom. The molecule has 1 saturated heterocycles. The van der Waals surface area contributed by atoms with Crippen LogP contribution in [0.1, 0.15) is 38.5 Å². The van der Waals surface area contributed by atoms with Crippen molar-refractivity contribution in [2.24, 2.45) is 11.8 Å². The van der Waals surface area contributed by atoms with Gasteiger partial charge in [-0.05, 0) is 31.6 Å². The van der Waals surface area contributed by atoms with Crippen molar-refractivity contribution in [2.45, 2.75) is 50.7 Å². The highest BCUT2D eigenvalue weighted by Crippen LogP contribution is 2.34. The van der Waals surface area contributed by atoms with Gasteiger partial charge in [-0.2, -0.15) is 0 Å². The maximum Gasteiger partial charge on any atom is 0.0591 e. The SMILES string of the molecule is NNC(CC1CC1)CC1CCCO1. The Bertz CT molecular complexity index is 153. The number of hydrazine groups is 1. The van der Waals surface area contributed by atoms with E-state index in [0.717, 1.165) is 18.9 Å². The van der Waals surface area contributed by atoms with E-state index < -0.39 is 0 Å². The number of hydrogen-bond donors (Lipinski definition) is 2. The molecule has 0 amide bonds. The molecule has 1 saturated carbocycles. The maximum atomic E-state index is 5.59. The molecule has 1 aliphatic carbocycles. The zero-order valence-electron chi connectivity index (χ0n) is 8.17. The Kier molecular flexibility index (Phi) is 3.19. The molecule has 2 atom stereocenters. The van der Waals surface area contributed by atoms with E-state index in [2.05, 4.69) is 5.43 Å². The largest absolute Gasteiger partial charge is 0.378 e. The fraction of sp³-hybridized carbons (Fsp3) is 1.00. The lowest BCUT2D eigenvalue weighted by Gasteiger charge is -2.19. The van der Waals surface area contributed by atoms with Gasteiger partial charge in [0.25, 0.3) is 0 Å². The van der Waals surface area contributed by atoms with Crippen LogP contribution in [0.4, 0.5) is 0 Å². The second kappa shape index (κ2) is 4.40. The van der Waals surface area contributed by atoms with Crippen molar-refractivity contribution >= 4 is 0 Å². The third kappa shape index (κ3) is 2.93. The van der Waals surface area contributed by atoms with Gasteiger partial charge in [0, 0.05) is 12.6 Å². The normalized spacial score (nSPS) is 30.7. The summed E-state index contributed by atoms with van der Waals surface area (Å²) >= 11 is 0. The summed E-state index contributed by atoms with van der Waals surface area (Å²) in [5.41, 5.74) is 2.92. The smallest absolute Gasteiger partial charge is 0.0591 e. The van der Waals surface area contributed by atoms with E-state index in [0.29, 0.717) is 12.1 Å². The van der Waals surface area contributed by atoms with Crippen molar-refractivity contribution in [3.63, 3.8) is 0 Å². The molecular weight excluding hydrogens is 164 g/mol. The zero-order chi connectivity index (χ0) is 9.10. The van der Waals surface area contributed by atoms with Crippen LogP contribution in [-0.2, 0) is 4.74 Å². The van der Waals surface area contributed by atoms with Gasteiger partial charge in [-0.25, -0.2) is 0 Å². The van der Waals surface area contributed by atoms with E-state index in [1.54, 1.807) is 0 Å². The van der Waals surface area contributed by atoms with Gasteiger partial charge in [0.05, 0.1) is 6.10 Å². The molecule has 1 aliphatic heterocycles. The highest BCUT2D eigenvalue weighted by Gasteiger charge is 2.27. The molecule has 3 N–H and O–H groups in total. The standard InChI is InChI=1S/C10H20N2O/c11-12-9(6-8-3-4-8)7-10-2-1-5-13-10/h8-10,12H,1-7,11H2. The summed E-state index contributed by atoms with van der Waals surface area (Å²) in [6, 6.07) is 0.482. The van der Waals surface area contributed by atoms with Crippen LogP contribution in [0.3, 0.4) is 0 Å². The topological polar surface area (TPSA) is 47.3 Å². The summed E-state index contributed by atoms with van der Waals surface area (Å²) < 4.78 is 5.59. The molecular formula is C10H20N2O. The van der Waals surface area contributed by atoms with Gasteiger partial charge in [-0.15, -0.1) is 0 Å². The molecule has 0 aromatic rings. The van der Waals surface area contributed by atoms with Crippen molar-refractivity contribution in [1.82, 2.24) is 5.43 Å². The first-order valence-electron chi connectivity index (χ1n) is 5.46. The number of hydrogen-bond acceptors (Lipinski definition) is 3. The Morgan fingerprint density at radius 3 is 2.69 bits per heavy atom. The average molecular weight is 184 g/mol. The molecule has 2 aliphatic rings. The van der Waals surface area contributed by atoms with Crippen molar-refractivity contribution in [3.05, 3.63) is 0 Å². The number of rotatable bonds is 5. The Morgan fingerprint density at radius 2 is 2.15 bits per heavy atom. The van der Waals surface area contributed by atoms with Gasteiger partial charge in [0.15, 0.2) is 0 Å². The molecule has 3 nitrogen and oxygen atoms in total. The molecule has 0 aromatic heterocycles. The lowest BCUT2D eigenvalue weighted by molar-refractivity contribution is 0.0930. The second-order valence-electron chi connectivity index (χ2n) is 4.41. The summed E-state index contributed by atoms with van der Waals surface area (Å²) in [6.45, 7) is 0.950. The molecule has 13 heavy (non-hydrogen) atoms. The van der Waals surface area contributed by atoms with Crippen LogP contribution >= 0.6 is 0 Å². The average Bonchev–Trinajstić information content (AvgIpc) is 2.80. The second-order valence-corrected chi connectivity index (χ2v) is 4.41. The molecule has 2 fully saturated rings. The fourth-order valence-electron chi connectivity index (χ4n) is 2.14. The zero-order valence-corrected chi connectivity index (χ0v) is 8.17. The van der Waals surface area contributed by atoms with Crippen LogP contribution in [0.25, 0.3) is 0 Å². The minimum Gasteiger partial charge on any atom is -0.378 e. The monoisotopic (exact) mass is 184 g/mol. The Hall–Kier alpha value is -0.120. The molecule has 0 aromatic carbocycles. The van der Waals surface area contributed by atoms with Gasteiger partial charge in [0.2, 0.25) is 0 Å². The number of ether oxygens (including phenoxy) is 1. The summed E-state index contributed by atoms with van der Waals surface area (Å²) in [6.07, 6.45) is 8.09. The van der Waals surface area contributed by atoms with E-state index >= 15 is 0 Å². The summed E-state index contributed by atoms with van der Waals surface area (Å²) in [4.78, 5) is 0. The number of nitrogens with two attached hydrogens (primary N) is 1. The van der Waals surface area contributed by atoms with E-state index in [9.17, 15) is 0 Å². The minimum absolute atomic E-state index is 0.472. The summed E-state index contributed by atoms with van der Waals surface area (Å²) in [5, 5.41) is 0. The molecule has 0 spiro atoms. The molecule has 3 heteroatoms. The van der Waals surface area contributed by atoms with Gasteiger partial charge in [-0.3, -0.25) is 11.3 Å². The fourth-order valence-corrected chi connectivity index (χ4v) is 2.14. The minimum atomic E-state index is 0.472. The molecule has 0 radical (unpaired) electrons. The summed E-state index contributed by atoms with van der Waals surface area (Å²) in [5.74, 6) is 6.47. The third-order valence-corrected chi connectivity index (χ3v) is 3.12. The first-order chi connectivity index (χ1) is 6.38.